The van der Waals surface area contributed by atoms with Crippen LogP contribution >= 0.6 is 0 Å². The van der Waals surface area contributed by atoms with Gasteiger partial charge in [0.25, 0.3) is 0 Å². The van der Waals surface area contributed by atoms with Crippen LogP contribution < -0.4 is 10.6 Å². The number of benzene rings is 2. The Morgan fingerprint density at radius 2 is 1.75 bits per heavy atom. The zero-order valence-corrected chi connectivity index (χ0v) is 13.4. The van der Waals surface area contributed by atoms with Crippen LogP contribution in [0.3, 0.4) is 0 Å². The summed E-state index contributed by atoms with van der Waals surface area (Å²) in [4.78, 5) is 4.42. The molecule has 0 bridgehead atoms. The van der Waals surface area contributed by atoms with Gasteiger partial charge in [0, 0.05) is 11.4 Å². The molecule has 2 aromatic carbocycles. The predicted octanol–water partition coefficient (Wildman–Crippen LogP) is 3.85. The first-order valence-electron chi connectivity index (χ1n) is 7.46. The zero-order chi connectivity index (χ0) is 16.9. The molecule has 0 unspecified atom stereocenters. The van der Waals surface area contributed by atoms with E-state index in [1.54, 1.807) is 12.1 Å². The van der Waals surface area contributed by atoms with Crippen LogP contribution in [0, 0.1) is 25.2 Å². The van der Waals surface area contributed by atoms with Crippen LogP contribution in [0.1, 0.15) is 16.7 Å². The number of aromatic nitrogens is 3. The molecule has 3 aromatic rings. The molecule has 0 aliphatic rings. The lowest BCUT2D eigenvalue weighted by atomic mass is 10.1. The van der Waals surface area contributed by atoms with Gasteiger partial charge in [-0.1, -0.05) is 24.3 Å². The van der Waals surface area contributed by atoms with E-state index in [9.17, 15) is 0 Å². The molecule has 1 aromatic heterocycles. The third-order valence-corrected chi connectivity index (χ3v) is 3.54. The van der Waals surface area contributed by atoms with Gasteiger partial charge in [0.15, 0.2) is 5.82 Å². The number of nitriles is 1. The van der Waals surface area contributed by atoms with E-state index in [0.29, 0.717) is 17.3 Å². The van der Waals surface area contributed by atoms with Crippen molar-refractivity contribution in [3.63, 3.8) is 0 Å². The summed E-state index contributed by atoms with van der Waals surface area (Å²) < 4.78 is 0. The minimum atomic E-state index is 0.411. The molecule has 0 saturated carbocycles. The van der Waals surface area contributed by atoms with E-state index < -0.39 is 0 Å². The number of hydrogen-bond donors (Lipinski definition) is 2. The summed E-state index contributed by atoms with van der Waals surface area (Å²) in [5.74, 6) is 0.961. The third kappa shape index (κ3) is 3.47. The predicted molar refractivity (Wildman–Crippen MR) is 93.5 cm³/mol. The second kappa shape index (κ2) is 6.75. The summed E-state index contributed by atoms with van der Waals surface area (Å²) in [7, 11) is 0. The van der Waals surface area contributed by atoms with Crippen molar-refractivity contribution in [2.75, 3.05) is 10.6 Å². The van der Waals surface area contributed by atoms with Crippen LogP contribution in [-0.2, 0) is 0 Å². The Labute approximate surface area is 140 Å². The third-order valence-electron chi connectivity index (χ3n) is 3.54. The Morgan fingerprint density at radius 3 is 2.50 bits per heavy atom. The number of nitrogens with one attached hydrogen (secondary N) is 2. The summed E-state index contributed by atoms with van der Waals surface area (Å²) in [6.45, 7) is 4.05. The van der Waals surface area contributed by atoms with Crippen LogP contribution in [0.4, 0.5) is 23.1 Å². The van der Waals surface area contributed by atoms with Gasteiger partial charge in [0.2, 0.25) is 5.95 Å². The Balaban J connectivity index is 1.83. The first-order chi connectivity index (χ1) is 11.7. The van der Waals surface area contributed by atoms with Gasteiger partial charge in [0.05, 0.1) is 17.8 Å². The summed E-state index contributed by atoms with van der Waals surface area (Å²) in [5, 5.41) is 23.3. The van der Waals surface area contributed by atoms with E-state index in [2.05, 4.69) is 31.9 Å². The zero-order valence-electron chi connectivity index (χ0n) is 13.4. The number of hydrogen-bond acceptors (Lipinski definition) is 6. The Morgan fingerprint density at radius 1 is 1.00 bits per heavy atom. The van der Waals surface area contributed by atoms with Gasteiger partial charge in [0.1, 0.15) is 0 Å². The van der Waals surface area contributed by atoms with Crippen LogP contribution in [-0.4, -0.2) is 15.2 Å². The van der Waals surface area contributed by atoms with E-state index in [-0.39, 0.29) is 0 Å². The quantitative estimate of drug-likeness (QED) is 0.760. The van der Waals surface area contributed by atoms with E-state index in [0.717, 1.165) is 22.5 Å². The molecule has 0 spiro atoms. The maximum absolute atomic E-state index is 8.96. The van der Waals surface area contributed by atoms with Crippen LogP contribution in [0.2, 0.25) is 0 Å². The lowest BCUT2D eigenvalue weighted by Crippen LogP contribution is -2.04. The van der Waals surface area contributed by atoms with Gasteiger partial charge in [-0.25, -0.2) is 0 Å². The van der Waals surface area contributed by atoms with Crippen molar-refractivity contribution in [3.05, 3.63) is 65.4 Å². The summed E-state index contributed by atoms with van der Waals surface area (Å²) in [5.41, 5.74) is 4.55. The lowest BCUT2D eigenvalue weighted by molar-refractivity contribution is 0.981. The largest absolute Gasteiger partial charge is 0.339 e. The van der Waals surface area contributed by atoms with E-state index in [4.69, 9.17) is 5.26 Å². The Kier molecular flexibility index (Phi) is 4.34. The average molecular weight is 316 g/mol. The number of nitrogens with zero attached hydrogens (tertiary/aromatic N) is 4. The maximum atomic E-state index is 8.96. The minimum Gasteiger partial charge on any atom is -0.339 e. The summed E-state index contributed by atoms with van der Waals surface area (Å²) >= 11 is 0. The highest BCUT2D eigenvalue weighted by molar-refractivity contribution is 5.64. The number of anilines is 4. The average Bonchev–Trinajstić information content (AvgIpc) is 2.59. The van der Waals surface area contributed by atoms with Gasteiger partial charge in [-0.3, -0.25) is 0 Å². The van der Waals surface area contributed by atoms with Crippen molar-refractivity contribution < 1.29 is 0 Å². The van der Waals surface area contributed by atoms with E-state index in [1.807, 2.05) is 44.2 Å². The highest BCUT2D eigenvalue weighted by Gasteiger charge is 2.06. The lowest BCUT2D eigenvalue weighted by Gasteiger charge is -2.11. The van der Waals surface area contributed by atoms with Gasteiger partial charge in [-0.2, -0.15) is 15.3 Å². The molecule has 0 fully saturated rings. The molecule has 2 N–H and O–H groups in total. The summed E-state index contributed by atoms with van der Waals surface area (Å²) in [6, 6.07) is 15.3. The van der Waals surface area contributed by atoms with Gasteiger partial charge in [-0.05, 0) is 43.2 Å². The molecule has 1 heterocycles. The SMILES string of the molecule is Cc1cccc(C)c1Nc1nncc(Nc2cccc(C#N)c2)n1. The monoisotopic (exact) mass is 316 g/mol. The van der Waals surface area contributed by atoms with Crippen molar-refractivity contribution in [2.45, 2.75) is 13.8 Å². The molecule has 0 radical (unpaired) electrons. The first-order valence-corrected chi connectivity index (χ1v) is 7.46. The molecule has 0 aliphatic heterocycles. The number of para-hydroxylation sites is 1. The molecule has 0 saturated heterocycles. The molecule has 0 atom stereocenters. The second-order valence-corrected chi connectivity index (χ2v) is 5.37. The second-order valence-electron chi connectivity index (χ2n) is 5.37. The standard InChI is InChI=1S/C18H16N6/c1-12-5-3-6-13(2)17(12)23-18-22-16(11-20-24-18)21-15-8-4-7-14(9-15)10-19/h3-9,11H,1-2H3,(H2,21,22,23,24). The van der Waals surface area contributed by atoms with Crippen molar-refractivity contribution in [1.29, 1.82) is 5.26 Å². The van der Waals surface area contributed by atoms with Crippen molar-refractivity contribution in [3.8, 4) is 6.07 Å². The normalized spacial score (nSPS) is 10.0. The van der Waals surface area contributed by atoms with Crippen LogP contribution in [0.25, 0.3) is 0 Å². The molecule has 6 nitrogen and oxygen atoms in total. The van der Waals surface area contributed by atoms with E-state index >= 15 is 0 Å². The first kappa shape index (κ1) is 15.4. The number of rotatable bonds is 4. The van der Waals surface area contributed by atoms with Gasteiger partial charge in [-0.15, -0.1) is 5.10 Å². The fourth-order valence-corrected chi connectivity index (χ4v) is 2.35. The molecular weight excluding hydrogens is 300 g/mol. The topological polar surface area (TPSA) is 86.5 Å². The Hall–Kier alpha value is -3.46. The highest BCUT2D eigenvalue weighted by atomic mass is 15.3. The van der Waals surface area contributed by atoms with Gasteiger partial charge >= 0.3 is 0 Å². The fourth-order valence-electron chi connectivity index (χ4n) is 2.35. The smallest absolute Gasteiger partial charge is 0.249 e. The maximum Gasteiger partial charge on any atom is 0.249 e. The van der Waals surface area contributed by atoms with Crippen LogP contribution in [0.5, 0.6) is 0 Å². The fraction of sp³-hybridized carbons (Fsp3) is 0.111. The highest BCUT2D eigenvalue weighted by Crippen LogP contribution is 2.23. The molecule has 3 rings (SSSR count). The minimum absolute atomic E-state index is 0.411. The van der Waals surface area contributed by atoms with E-state index in [1.165, 1.54) is 6.20 Å². The van der Waals surface area contributed by atoms with Crippen molar-refractivity contribution >= 4 is 23.1 Å². The molecule has 0 aliphatic carbocycles. The molecule has 24 heavy (non-hydrogen) atoms. The number of aryl methyl sites for hydroxylation is 2. The molecule has 118 valence electrons. The Bertz CT molecular complexity index is 893. The molecule has 6 heteroatoms. The summed E-state index contributed by atoms with van der Waals surface area (Å²) in [6.07, 6.45) is 1.54. The van der Waals surface area contributed by atoms with Crippen molar-refractivity contribution in [1.82, 2.24) is 15.2 Å². The molecular formula is C18H16N6. The van der Waals surface area contributed by atoms with Crippen LogP contribution in [0.15, 0.2) is 48.7 Å². The van der Waals surface area contributed by atoms with Crippen molar-refractivity contribution in [2.24, 2.45) is 0 Å². The molecule has 0 amide bonds. The van der Waals surface area contributed by atoms with Gasteiger partial charge < -0.3 is 10.6 Å².